The molecule has 0 unspecified atom stereocenters. The van der Waals surface area contributed by atoms with Crippen molar-refractivity contribution in [1.82, 2.24) is 15.1 Å². The summed E-state index contributed by atoms with van der Waals surface area (Å²) in [6.45, 7) is 3.11. The number of aliphatic hydroxyl groups is 2. The van der Waals surface area contributed by atoms with E-state index in [9.17, 15) is 37.0 Å². The van der Waals surface area contributed by atoms with Crippen LogP contribution in [-0.4, -0.2) is 56.9 Å². The van der Waals surface area contributed by atoms with E-state index in [1.54, 1.807) is 13.8 Å². The summed E-state index contributed by atoms with van der Waals surface area (Å²) in [5, 5.41) is 28.1. The van der Waals surface area contributed by atoms with Gasteiger partial charge in [0.05, 0.1) is 17.7 Å². The molecule has 1 aliphatic rings. The Labute approximate surface area is 218 Å². The van der Waals surface area contributed by atoms with Gasteiger partial charge in [0.25, 0.3) is 5.91 Å². The second-order valence-electron chi connectivity index (χ2n) is 10.2. The van der Waals surface area contributed by atoms with Gasteiger partial charge in [-0.2, -0.15) is 27.1 Å². The van der Waals surface area contributed by atoms with E-state index >= 15 is 0 Å². The van der Waals surface area contributed by atoms with E-state index in [0.29, 0.717) is 30.5 Å². The molecule has 1 amide bonds. The number of nitrogens with zero attached hydrogens (tertiary/aromatic N) is 2. The lowest BCUT2D eigenvalue weighted by atomic mass is 9.77. The van der Waals surface area contributed by atoms with Crippen LogP contribution < -0.4 is 10.1 Å². The summed E-state index contributed by atoms with van der Waals surface area (Å²) in [6.07, 6.45) is -4.44. The number of hydrogen-bond donors (Lipinski definition) is 3. The first kappa shape index (κ1) is 29.8. The summed E-state index contributed by atoms with van der Waals surface area (Å²) in [5.41, 5.74) is -0.537. The number of carbonyl (C=O) groups excluding carboxylic acids is 1. The summed E-state index contributed by atoms with van der Waals surface area (Å²) in [7, 11) is 0. The average Bonchev–Trinajstić information content (AvgIpc) is 3.15. The van der Waals surface area contributed by atoms with Crippen LogP contribution >= 0.6 is 0 Å². The molecular formula is C26H34F5N3O4. The van der Waals surface area contributed by atoms with Crippen LogP contribution in [0.5, 0.6) is 5.75 Å². The van der Waals surface area contributed by atoms with Crippen molar-refractivity contribution < 1.29 is 41.7 Å². The number of amides is 1. The molecule has 1 aliphatic carbocycles. The highest BCUT2D eigenvalue weighted by Crippen LogP contribution is 2.37. The van der Waals surface area contributed by atoms with Gasteiger partial charge in [0.2, 0.25) is 0 Å². The van der Waals surface area contributed by atoms with Gasteiger partial charge < -0.3 is 20.3 Å². The van der Waals surface area contributed by atoms with E-state index in [4.69, 9.17) is 0 Å². The molecule has 0 bridgehead atoms. The zero-order valence-corrected chi connectivity index (χ0v) is 21.8. The Bertz CT molecular complexity index is 1140. The highest BCUT2D eigenvalue weighted by atomic mass is 19.4. The van der Waals surface area contributed by atoms with Crippen molar-refractivity contribution in [2.45, 2.75) is 84.4 Å². The molecule has 3 N–H and O–H groups in total. The summed E-state index contributed by atoms with van der Waals surface area (Å²) >= 11 is 0. The van der Waals surface area contributed by atoms with E-state index in [0.717, 1.165) is 13.0 Å². The highest BCUT2D eigenvalue weighted by Gasteiger charge is 2.40. The van der Waals surface area contributed by atoms with Crippen LogP contribution in [0, 0.1) is 18.8 Å². The maximum absolute atomic E-state index is 13.3. The predicted octanol–water partition coefficient (Wildman–Crippen LogP) is 4.86. The zero-order chi connectivity index (χ0) is 28.4. The van der Waals surface area contributed by atoms with Crippen LogP contribution in [-0.2, 0) is 13.0 Å². The first-order valence-electron chi connectivity index (χ1n) is 12.6. The highest BCUT2D eigenvalue weighted by molar-refractivity contribution is 5.95. The van der Waals surface area contributed by atoms with Crippen LogP contribution in [0.4, 0.5) is 22.0 Å². The van der Waals surface area contributed by atoms with Gasteiger partial charge in [-0.1, -0.05) is 19.9 Å². The summed E-state index contributed by atoms with van der Waals surface area (Å²) < 4.78 is 71.7. The topological polar surface area (TPSA) is 96.6 Å². The van der Waals surface area contributed by atoms with Crippen LogP contribution in [0.2, 0.25) is 0 Å². The van der Waals surface area contributed by atoms with Crippen molar-refractivity contribution in [3.8, 4) is 17.0 Å². The molecule has 1 aromatic heterocycles. The first-order valence-corrected chi connectivity index (χ1v) is 12.6. The van der Waals surface area contributed by atoms with Crippen molar-refractivity contribution in [2.24, 2.45) is 11.8 Å². The maximum atomic E-state index is 13.3. The number of carbonyl (C=O) groups is 1. The smallest absolute Gasteiger partial charge is 0.391 e. The fourth-order valence-corrected chi connectivity index (χ4v) is 4.79. The Kier molecular flexibility index (Phi) is 9.08. The molecule has 7 nitrogen and oxygen atoms in total. The normalized spacial score (nSPS) is 22.9. The van der Waals surface area contributed by atoms with Crippen molar-refractivity contribution in [2.75, 3.05) is 6.54 Å². The molecule has 1 fully saturated rings. The molecule has 0 radical (unpaired) electrons. The van der Waals surface area contributed by atoms with Gasteiger partial charge in [-0.05, 0) is 63.1 Å². The van der Waals surface area contributed by atoms with Gasteiger partial charge in [0.1, 0.15) is 11.4 Å². The standard InChI is InChI=1S/C26H34F5N3O4/c1-5-34-22(18-7-6-17(11-15(3)26(29,30)31)12-19(18)38-24(27)28)16(4)21(33-34)23(36)32-13-25(37)9-8-14(2)10-20(25)35/h6-7,12,14-15,20,24,35,37H,5,8-11,13H2,1-4H3,(H,32,36)/t14-,15+,20-,25-/m1/s1. The first-order chi connectivity index (χ1) is 17.7. The maximum Gasteiger partial charge on any atom is 0.391 e. The Morgan fingerprint density at radius 3 is 2.61 bits per heavy atom. The SMILES string of the molecule is CCn1nc(C(=O)NC[C@]2(O)CC[C@@H](C)C[C@H]2O)c(C)c1-c1ccc(C[C@H](C)C(F)(F)F)cc1OC(F)F. The fraction of sp³-hybridized carbons (Fsp3) is 0.615. The third-order valence-electron chi connectivity index (χ3n) is 7.19. The van der Waals surface area contributed by atoms with Gasteiger partial charge in [-0.3, -0.25) is 9.48 Å². The summed E-state index contributed by atoms with van der Waals surface area (Å²) in [5.74, 6) is -2.39. The number of nitrogens with one attached hydrogen (secondary N) is 1. The van der Waals surface area contributed by atoms with Gasteiger partial charge in [0.15, 0.2) is 5.69 Å². The quantitative estimate of drug-likeness (QED) is 0.390. The molecule has 212 valence electrons. The van der Waals surface area contributed by atoms with E-state index in [2.05, 4.69) is 15.2 Å². The van der Waals surface area contributed by atoms with Crippen molar-refractivity contribution >= 4 is 5.91 Å². The number of rotatable bonds is 9. The van der Waals surface area contributed by atoms with Crippen molar-refractivity contribution in [1.29, 1.82) is 0 Å². The number of aromatic nitrogens is 2. The molecule has 4 atom stereocenters. The van der Waals surface area contributed by atoms with Gasteiger partial charge >= 0.3 is 12.8 Å². The Morgan fingerprint density at radius 2 is 2.03 bits per heavy atom. The molecule has 1 aromatic carbocycles. The molecule has 3 rings (SSSR count). The minimum Gasteiger partial charge on any atom is -0.434 e. The van der Waals surface area contributed by atoms with Gasteiger partial charge in [-0.25, -0.2) is 0 Å². The number of aliphatic hydroxyl groups excluding tert-OH is 1. The molecule has 2 aromatic rings. The minimum absolute atomic E-state index is 0.0121. The third kappa shape index (κ3) is 6.63. The molecule has 0 aliphatic heterocycles. The lowest BCUT2D eigenvalue weighted by Gasteiger charge is -2.39. The molecule has 12 heteroatoms. The summed E-state index contributed by atoms with van der Waals surface area (Å²) in [4.78, 5) is 13.0. The summed E-state index contributed by atoms with van der Waals surface area (Å²) in [6, 6.07) is 3.94. The molecule has 1 saturated carbocycles. The largest absolute Gasteiger partial charge is 0.434 e. The van der Waals surface area contributed by atoms with Crippen LogP contribution in [0.25, 0.3) is 11.3 Å². The van der Waals surface area contributed by atoms with Crippen LogP contribution in [0.1, 0.15) is 61.6 Å². The van der Waals surface area contributed by atoms with Crippen molar-refractivity contribution in [3.63, 3.8) is 0 Å². The number of aryl methyl sites for hydroxylation is 1. The van der Waals surface area contributed by atoms with E-state index < -0.39 is 42.7 Å². The molecule has 38 heavy (non-hydrogen) atoms. The van der Waals surface area contributed by atoms with Crippen LogP contribution in [0.3, 0.4) is 0 Å². The van der Waals surface area contributed by atoms with Crippen molar-refractivity contribution in [3.05, 3.63) is 35.0 Å². The molecular weight excluding hydrogens is 513 g/mol. The number of alkyl halides is 5. The Morgan fingerprint density at radius 1 is 1.34 bits per heavy atom. The number of hydrogen-bond acceptors (Lipinski definition) is 5. The average molecular weight is 548 g/mol. The number of ether oxygens (including phenoxy) is 1. The monoisotopic (exact) mass is 547 g/mol. The van der Waals surface area contributed by atoms with E-state index in [-0.39, 0.29) is 41.6 Å². The molecule has 0 saturated heterocycles. The van der Waals surface area contributed by atoms with E-state index in [1.807, 2.05) is 6.92 Å². The number of halogens is 5. The lowest BCUT2D eigenvalue weighted by Crippen LogP contribution is -2.54. The lowest BCUT2D eigenvalue weighted by molar-refractivity contribution is -0.169. The van der Waals surface area contributed by atoms with Gasteiger partial charge in [0, 0.05) is 24.2 Å². The second kappa shape index (κ2) is 11.6. The van der Waals surface area contributed by atoms with Gasteiger partial charge in [-0.15, -0.1) is 0 Å². The Hall–Kier alpha value is -2.73. The predicted molar refractivity (Wildman–Crippen MR) is 130 cm³/mol. The van der Waals surface area contributed by atoms with E-state index in [1.165, 1.54) is 16.8 Å². The zero-order valence-electron chi connectivity index (χ0n) is 21.8. The fourth-order valence-electron chi connectivity index (χ4n) is 4.79. The number of benzene rings is 1. The van der Waals surface area contributed by atoms with Crippen LogP contribution in [0.15, 0.2) is 18.2 Å². The molecule has 0 spiro atoms. The minimum atomic E-state index is -4.44. The Balaban J connectivity index is 1.92. The molecule has 1 heterocycles. The third-order valence-corrected chi connectivity index (χ3v) is 7.19. The second-order valence-corrected chi connectivity index (χ2v) is 10.2.